The van der Waals surface area contributed by atoms with Crippen molar-refractivity contribution in [1.82, 2.24) is 9.21 Å². The van der Waals surface area contributed by atoms with Crippen molar-refractivity contribution in [1.29, 1.82) is 0 Å². The molecule has 26 heavy (non-hydrogen) atoms. The maximum atomic E-state index is 13.8. The highest BCUT2D eigenvalue weighted by atomic mass is 32.2. The fourth-order valence-corrected chi connectivity index (χ4v) is 4.18. The third-order valence-electron chi connectivity index (χ3n) is 4.00. The minimum atomic E-state index is -4.31. The highest BCUT2D eigenvalue weighted by Crippen LogP contribution is 2.23. The van der Waals surface area contributed by atoms with Gasteiger partial charge in [0.25, 0.3) is 0 Å². The molecule has 1 aliphatic heterocycles. The number of rotatable bonds is 4. The zero-order valence-electron chi connectivity index (χ0n) is 13.6. The van der Waals surface area contributed by atoms with E-state index in [9.17, 15) is 22.0 Å². The Bertz CT molecular complexity index is 898. The zero-order chi connectivity index (χ0) is 18.7. The molecule has 2 heterocycles. The molecule has 3 rings (SSSR count). The lowest BCUT2D eigenvalue weighted by Gasteiger charge is -2.33. The van der Waals surface area contributed by atoms with E-state index in [1.165, 1.54) is 23.3 Å². The summed E-state index contributed by atoms with van der Waals surface area (Å²) in [7, 11) is -4.31. The molecule has 0 radical (unpaired) electrons. The summed E-state index contributed by atoms with van der Waals surface area (Å²) in [4.78, 5) is 12.6. The van der Waals surface area contributed by atoms with Crippen molar-refractivity contribution < 1.29 is 26.4 Å². The molecule has 6 nitrogen and oxygen atoms in total. The summed E-state index contributed by atoms with van der Waals surface area (Å²) in [6.07, 6.45) is 4.33. The van der Waals surface area contributed by atoms with Crippen molar-refractivity contribution >= 4 is 22.0 Å². The average Bonchev–Trinajstić information content (AvgIpc) is 3.13. The topological polar surface area (TPSA) is 70.8 Å². The molecular weight excluding hydrogens is 366 g/mol. The van der Waals surface area contributed by atoms with Crippen LogP contribution in [0.1, 0.15) is 5.76 Å². The van der Waals surface area contributed by atoms with Gasteiger partial charge in [-0.05, 0) is 30.3 Å². The number of carbonyl (C=O) groups is 1. The van der Waals surface area contributed by atoms with Gasteiger partial charge in [0.1, 0.15) is 17.4 Å². The highest BCUT2D eigenvalue weighted by Gasteiger charge is 2.33. The Morgan fingerprint density at radius 2 is 1.69 bits per heavy atom. The number of halogens is 2. The first-order chi connectivity index (χ1) is 12.4. The Balaban J connectivity index is 1.67. The molecule has 0 N–H and O–H groups in total. The van der Waals surface area contributed by atoms with Gasteiger partial charge in [0.05, 0.1) is 6.26 Å². The van der Waals surface area contributed by atoms with Crippen LogP contribution in [0.25, 0.3) is 6.08 Å². The first-order valence-electron chi connectivity index (χ1n) is 7.84. The summed E-state index contributed by atoms with van der Waals surface area (Å²) in [5.41, 5.74) is 0. The molecule has 1 aromatic carbocycles. The highest BCUT2D eigenvalue weighted by molar-refractivity contribution is 7.89. The number of benzene rings is 1. The average molecular weight is 382 g/mol. The number of carbonyl (C=O) groups excluding carboxylic acids is 1. The number of sulfonamides is 1. The standard InChI is InChI=1S/C17H16F2N2O4S/c18-14-4-1-5-15(19)17(14)26(23,24)21-10-8-20(9-11-21)16(22)7-6-13-3-2-12-25-13/h1-7,12H,8-11H2/b7-6+. The van der Waals surface area contributed by atoms with Crippen LogP contribution in [0.2, 0.25) is 0 Å². The van der Waals surface area contributed by atoms with E-state index in [0.29, 0.717) is 5.76 Å². The van der Waals surface area contributed by atoms with Crippen LogP contribution in [-0.2, 0) is 14.8 Å². The first kappa shape index (κ1) is 18.3. The number of amides is 1. The SMILES string of the molecule is O=C(/C=C/c1ccco1)N1CCN(S(=O)(=O)c2c(F)cccc2F)CC1. The quantitative estimate of drug-likeness (QED) is 0.760. The van der Waals surface area contributed by atoms with Gasteiger partial charge in [0.15, 0.2) is 4.90 Å². The molecule has 1 amide bonds. The minimum absolute atomic E-state index is 0.0452. The molecule has 0 unspecified atom stereocenters. The summed E-state index contributed by atoms with van der Waals surface area (Å²) >= 11 is 0. The van der Waals surface area contributed by atoms with Gasteiger partial charge in [-0.25, -0.2) is 17.2 Å². The van der Waals surface area contributed by atoms with Crippen LogP contribution in [0.4, 0.5) is 8.78 Å². The van der Waals surface area contributed by atoms with E-state index >= 15 is 0 Å². The van der Waals surface area contributed by atoms with Crippen molar-refractivity contribution in [2.24, 2.45) is 0 Å². The van der Waals surface area contributed by atoms with Crippen LogP contribution in [0.5, 0.6) is 0 Å². The lowest BCUT2D eigenvalue weighted by Crippen LogP contribution is -2.50. The van der Waals surface area contributed by atoms with Gasteiger partial charge in [0.2, 0.25) is 15.9 Å². The van der Waals surface area contributed by atoms with Crippen molar-refractivity contribution in [2.45, 2.75) is 4.90 Å². The predicted octanol–water partition coefficient (Wildman–Crippen LogP) is 2.10. The summed E-state index contributed by atoms with van der Waals surface area (Å²) < 4.78 is 58.7. The molecule has 0 atom stereocenters. The molecule has 1 aliphatic rings. The molecule has 138 valence electrons. The van der Waals surface area contributed by atoms with E-state index in [1.54, 1.807) is 12.1 Å². The van der Waals surface area contributed by atoms with Gasteiger partial charge in [-0.3, -0.25) is 4.79 Å². The summed E-state index contributed by atoms with van der Waals surface area (Å²) in [6.45, 7) is 0.153. The fraction of sp³-hybridized carbons (Fsp3) is 0.235. The molecule has 1 fully saturated rings. The lowest BCUT2D eigenvalue weighted by atomic mass is 10.3. The monoisotopic (exact) mass is 382 g/mol. The Hall–Kier alpha value is -2.52. The fourth-order valence-electron chi connectivity index (χ4n) is 2.65. The molecule has 0 bridgehead atoms. The molecule has 9 heteroatoms. The van der Waals surface area contributed by atoms with Crippen LogP contribution in [-0.4, -0.2) is 49.7 Å². The smallest absolute Gasteiger partial charge is 0.249 e. The second-order valence-electron chi connectivity index (χ2n) is 5.63. The Kier molecular flexibility index (Phi) is 5.19. The van der Waals surface area contributed by atoms with E-state index in [2.05, 4.69) is 0 Å². The third kappa shape index (κ3) is 3.68. The van der Waals surface area contributed by atoms with Gasteiger partial charge in [-0.15, -0.1) is 0 Å². The Labute approximate surface area is 149 Å². The van der Waals surface area contributed by atoms with E-state index in [-0.39, 0.29) is 32.1 Å². The lowest BCUT2D eigenvalue weighted by molar-refractivity contribution is -0.127. The molecule has 1 saturated heterocycles. The summed E-state index contributed by atoms with van der Waals surface area (Å²) in [5.74, 6) is -2.04. The van der Waals surface area contributed by atoms with Gasteiger partial charge in [-0.2, -0.15) is 4.31 Å². The third-order valence-corrected chi connectivity index (χ3v) is 5.95. The van der Waals surface area contributed by atoms with Crippen LogP contribution < -0.4 is 0 Å². The number of hydrogen-bond donors (Lipinski definition) is 0. The second kappa shape index (κ2) is 7.38. The largest absolute Gasteiger partial charge is 0.465 e. The normalized spacial score (nSPS) is 16.3. The summed E-state index contributed by atoms with van der Waals surface area (Å²) in [6, 6.07) is 6.28. The van der Waals surface area contributed by atoms with Gasteiger partial charge in [0, 0.05) is 32.3 Å². The van der Waals surface area contributed by atoms with Gasteiger partial charge in [-0.1, -0.05) is 6.07 Å². The molecule has 0 spiro atoms. The number of hydrogen-bond acceptors (Lipinski definition) is 4. The minimum Gasteiger partial charge on any atom is -0.465 e. The predicted molar refractivity (Wildman–Crippen MR) is 89.4 cm³/mol. The molecule has 1 aromatic heterocycles. The number of nitrogens with zero attached hydrogens (tertiary/aromatic N) is 2. The van der Waals surface area contributed by atoms with E-state index in [4.69, 9.17) is 4.42 Å². The first-order valence-corrected chi connectivity index (χ1v) is 9.28. The zero-order valence-corrected chi connectivity index (χ0v) is 14.5. The maximum absolute atomic E-state index is 13.8. The van der Waals surface area contributed by atoms with Crippen LogP contribution in [0, 0.1) is 11.6 Å². The summed E-state index contributed by atoms with van der Waals surface area (Å²) in [5, 5.41) is 0. The van der Waals surface area contributed by atoms with Crippen molar-refractivity contribution in [2.75, 3.05) is 26.2 Å². The van der Waals surface area contributed by atoms with Gasteiger partial charge >= 0.3 is 0 Å². The Morgan fingerprint density at radius 1 is 1.04 bits per heavy atom. The Morgan fingerprint density at radius 3 is 2.27 bits per heavy atom. The number of piperazine rings is 1. The van der Waals surface area contributed by atoms with Crippen LogP contribution in [0.3, 0.4) is 0 Å². The van der Waals surface area contributed by atoms with Crippen LogP contribution >= 0.6 is 0 Å². The van der Waals surface area contributed by atoms with Crippen molar-refractivity contribution in [3.63, 3.8) is 0 Å². The van der Waals surface area contributed by atoms with Crippen molar-refractivity contribution in [3.8, 4) is 0 Å². The maximum Gasteiger partial charge on any atom is 0.249 e. The van der Waals surface area contributed by atoms with E-state index in [0.717, 1.165) is 22.5 Å². The molecule has 2 aromatic rings. The van der Waals surface area contributed by atoms with E-state index < -0.39 is 26.6 Å². The number of furan rings is 1. The van der Waals surface area contributed by atoms with E-state index in [1.807, 2.05) is 0 Å². The molecule has 0 saturated carbocycles. The molecular formula is C17H16F2N2O4S. The van der Waals surface area contributed by atoms with Crippen LogP contribution in [0.15, 0.2) is 52.0 Å². The van der Waals surface area contributed by atoms with Crippen molar-refractivity contribution in [3.05, 3.63) is 60.1 Å². The van der Waals surface area contributed by atoms with Gasteiger partial charge < -0.3 is 9.32 Å². The molecule has 0 aliphatic carbocycles. The second-order valence-corrected chi connectivity index (χ2v) is 7.50.